The van der Waals surface area contributed by atoms with E-state index in [-0.39, 0.29) is 23.7 Å². The summed E-state index contributed by atoms with van der Waals surface area (Å²) < 4.78 is 20.0. The third-order valence-corrected chi connectivity index (χ3v) is 3.43. The van der Waals surface area contributed by atoms with Crippen molar-refractivity contribution < 1.29 is 13.9 Å². The average Bonchev–Trinajstić information content (AvgIpc) is 2.85. The number of hydrogen-bond acceptors (Lipinski definition) is 3. The molecular formula is C17H22FN3O2. The molecule has 1 aromatic carbocycles. The van der Waals surface area contributed by atoms with Crippen molar-refractivity contribution in [3.63, 3.8) is 0 Å². The van der Waals surface area contributed by atoms with Crippen LogP contribution in [-0.2, 0) is 7.05 Å². The standard InChI is InChI=1S/C17H22FN3O2/c1-11(2)23-16-9-15(20-21(16)4)17(22)19-10-12(3)13-5-7-14(18)8-6-13/h5-9,11-12H,10H2,1-4H3,(H,19,22). The number of hydrogen-bond donors (Lipinski definition) is 1. The van der Waals surface area contributed by atoms with Crippen LogP contribution < -0.4 is 10.1 Å². The van der Waals surface area contributed by atoms with E-state index in [1.165, 1.54) is 16.8 Å². The van der Waals surface area contributed by atoms with E-state index in [0.29, 0.717) is 18.1 Å². The predicted octanol–water partition coefficient (Wildman–Crippen LogP) is 2.88. The molecular weight excluding hydrogens is 297 g/mol. The molecule has 0 bridgehead atoms. The zero-order chi connectivity index (χ0) is 17.0. The Balaban J connectivity index is 1.95. The first kappa shape index (κ1) is 17.0. The Bertz CT molecular complexity index is 665. The minimum Gasteiger partial charge on any atom is -0.475 e. The van der Waals surface area contributed by atoms with Crippen LogP contribution in [0.1, 0.15) is 42.7 Å². The number of carbonyl (C=O) groups excluding carboxylic acids is 1. The van der Waals surface area contributed by atoms with E-state index in [9.17, 15) is 9.18 Å². The fourth-order valence-corrected chi connectivity index (χ4v) is 2.16. The lowest BCUT2D eigenvalue weighted by atomic mass is 10.0. The quantitative estimate of drug-likeness (QED) is 0.891. The molecule has 0 saturated heterocycles. The summed E-state index contributed by atoms with van der Waals surface area (Å²) in [6.07, 6.45) is 0.0137. The van der Waals surface area contributed by atoms with Crippen LogP contribution in [-0.4, -0.2) is 28.3 Å². The highest BCUT2D eigenvalue weighted by Crippen LogP contribution is 2.16. The summed E-state index contributed by atoms with van der Waals surface area (Å²) in [7, 11) is 1.73. The van der Waals surface area contributed by atoms with Crippen LogP contribution in [0.4, 0.5) is 4.39 Å². The van der Waals surface area contributed by atoms with Crippen molar-refractivity contribution in [1.29, 1.82) is 0 Å². The monoisotopic (exact) mass is 319 g/mol. The third kappa shape index (κ3) is 4.55. The average molecular weight is 319 g/mol. The van der Waals surface area contributed by atoms with Crippen molar-refractivity contribution in [2.24, 2.45) is 7.05 Å². The summed E-state index contributed by atoms with van der Waals surface area (Å²) in [5.74, 6) is 0.107. The van der Waals surface area contributed by atoms with Gasteiger partial charge >= 0.3 is 0 Å². The topological polar surface area (TPSA) is 56.1 Å². The van der Waals surface area contributed by atoms with Crippen molar-refractivity contribution >= 4 is 5.91 Å². The summed E-state index contributed by atoms with van der Waals surface area (Å²) in [4.78, 5) is 12.2. The van der Waals surface area contributed by atoms with Gasteiger partial charge in [0.15, 0.2) is 5.69 Å². The maximum absolute atomic E-state index is 12.9. The molecule has 0 fully saturated rings. The Morgan fingerprint density at radius 1 is 1.30 bits per heavy atom. The van der Waals surface area contributed by atoms with Gasteiger partial charge in [-0.25, -0.2) is 9.07 Å². The third-order valence-electron chi connectivity index (χ3n) is 3.43. The summed E-state index contributed by atoms with van der Waals surface area (Å²) in [5, 5.41) is 7.00. The van der Waals surface area contributed by atoms with E-state index in [1.807, 2.05) is 20.8 Å². The fraction of sp³-hybridized carbons (Fsp3) is 0.412. The second kappa shape index (κ2) is 7.26. The van der Waals surface area contributed by atoms with Crippen LogP contribution in [0, 0.1) is 5.82 Å². The van der Waals surface area contributed by atoms with Gasteiger partial charge in [0.05, 0.1) is 6.10 Å². The molecule has 5 nitrogen and oxygen atoms in total. The highest BCUT2D eigenvalue weighted by molar-refractivity contribution is 5.92. The molecule has 1 atom stereocenters. The van der Waals surface area contributed by atoms with E-state index < -0.39 is 0 Å². The highest BCUT2D eigenvalue weighted by atomic mass is 19.1. The van der Waals surface area contributed by atoms with Crippen LogP contribution in [0.25, 0.3) is 0 Å². The Hall–Kier alpha value is -2.37. The van der Waals surface area contributed by atoms with Gasteiger partial charge in [-0.05, 0) is 37.5 Å². The normalized spacial score (nSPS) is 12.3. The smallest absolute Gasteiger partial charge is 0.271 e. The zero-order valence-corrected chi connectivity index (χ0v) is 13.8. The van der Waals surface area contributed by atoms with Gasteiger partial charge in [-0.15, -0.1) is 0 Å². The molecule has 0 saturated carbocycles. The molecule has 0 aliphatic heterocycles. The van der Waals surface area contributed by atoms with Crippen LogP contribution >= 0.6 is 0 Å². The molecule has 0 aliphatic carbocycles. The number of benzene rings is 1. The second-order valence-electron chi connectivity index (χ2n) is 5.82. The lowest BCUT2D eigenvalue weighted by molar-refractivity contribution is 0.0946. The minimum atomic E-state index is -0.267. The van der Waals surface area contributed by atoms with Crippen molar-refractivity contribution in [2.45, 2.75) is 32.8 Å². The molecule has 2 aromatic rings. The molecule has 124 valence electrons. The molecule has 0 radical (unpaired) electrons. The molecule has 1 aromatic heterocycles. The molecule has 1 amide bonds. The number of halogens is 1. The highest BCUT2D eigenvalue weighted by Gasteiger charge is 2.15. The summed E-state index contributed by atoms with van der Waals surface area (Å²) in [6.45, 7) is 6.24. The SMILES string of the molecule is CC(C)Oc1cc(C(=O)NCC(C)c2ccc(F)cc2)nn1C. The van der Waals surface area contributed by atoms with Crippen LogP contribution in [0.15, 0.2) is 30.3 Å². The molecule has 0 aliphatic rings. The molecule has 1 heterocycles. The summed E-state index contributed by atoms with van der Waals surface area (Å²) >= 11 is 0. The molecule has 0 spiro atoms. The van der Waals surface area contributed by atoms with E-state index >= 15 is 0 Å². The van der Waals surface area contributed by atoms with Gasteiger partial charge in [0.25, 0.3) is 5.91 Å². The number of ether oxygens (including phenoxy) is 1. The molecule has 6 heteroatoms. The van der Waals surface area contributed by atoms with Gasteiger partial charge in [0.1, 0.15) is 5.82 Å². The zero-order valence-electron chi connectivity index (χ0n) is 13.8. The number of rotatable bonds is 6. The number of carbonyl (C=O) groups is 1. The van der Waals surface area contributed by atoms with Gasteiger partial charge < -0.3 is 10.1 Å². The predicted molar refractivity (Wildman–Crippen MR) is 86.1 cm³/mol. The largest absolute Gasteiger partial charge is 0.475 e. The lowest BCUT2D eigenvalue weighted by Gasteiger charge is -2.12. The molecule has 23 heavy (non-hydrogen) atoms. The summed E-state index contributed by atoms with van der Waals surface area (Å²) in [6, 6.07) is 7.91. The lowest BCUT2D eigenvalue weighted by Crippen LogP contribution is -2.28. The van der Waals surface area contributed by atoms with Crippen molar-refractivity contribution in [2.75, 3.05) is 6.54 Å². The fourth-order valence-electron chi connectivity index (χ4n) is 2.16. The number of nitrogens with one attached hydrogen (secondary N) is 1. The maximum atomic E-state index is 12.9. The minimum absolute atomic E-state index is 0.0137. The van der Waals surface area contributed by atoms with E-state index in [0.717, 1.165) is 5.56 Å². The van der Waals surface area contributed by atoms with E-state index in [4.69, 9.17) is 4.74 Å². The maximum Gasteiger partial charge on any atom is 0.271 e. The first-order chi connectivity index (χ1) is 10.9. The number of aromatic nitrogens is 2. The molecule has 1 N–H and O–H groups in total. The Kier molecular flexibility index (Phi) is 5.36. The van der Waals surface area contributed by atoms with Gasteiger partial charge in [-0.2, -0.15) is 5.10 Å². The molecule has 2 rings (SSSR count). The molecule has 1 unspecified atom stereocenters. The van der Waals surface area contributed by atoms with Crippen molar-refractivity contribution in [1.82, 2.24) is 15.1 Å². The second-order valence-corrected chi connectivity index (χ2v) is 5.82. The van der Waals surface area contributed by atoms with E-state index in [1.54, 1.807) is 25.2 Å². The van der Waals surface area contributed by atoms with Crippen LogP contribution in [0.2, 0.25) is 0 Å². The Morgan fingerprint density at radius 3 is 2.57 bits per heavy atom. The van der Waals surface area contributed by atoms with Crippen molar-refractivity contribution in [3.05, 3.63) is 47.4 Å². The van der Waals surface area contributed by atoms with Gasteiger partial charge in [0, 0.05) is 19.7 Å². The number of amides is 1. The first-order valence-electron chi connectivity index (χ1n) is 7.61. The first-order valence-corrected chi connectivity index (χ1v) is 7.61. The van der Waals surface area contributed by atoms with Crippen LogP contribution in [0.5, 0.6) is 5.88 Å². The van der Waals surface area contributed by atoms with Crippen molar-refractivity contribution in [3.8, 4) is 5.88 Å². The Morgan fingerprint density at radius 2 is 1.96 bits per heavy atom. The number of nitrogens with zero attached hydrogens (tertiary/aromatic N) is 2. The van der Waals surface area contributed by atoms with Gasteiger partial charge in [0.2, 0.25) is 5.88 Å². The Labute approximate surface area is 135 Å². The van der Waals surface area contributed by atoms with E-state index in [2.05, 4.69) is 10.4 Å². The summed E-state index contributed by atoms with van der Waals surface area (Å²) in [5.41, 5.74) is 1.28. The van der Waals surface area contributed by atoms with Crippen LogP contribution in [0.3, 0.4) is 0 Å². The van der Waals surface area contributed by atoms with Gasteiger partial charge in [-0.1, -0.05) is 19.1 Å². The number of aryl methyl sites for hydroxylation is 1. The van der Waals surface area contributed by atoms with Gasteiger partial charge in [-0.3, -0.25) is 4.79 Å².